The predicted octanol–water partition coefficient (Wildman–Crippen LogP) is 5.12. The molecule has 2 rings (SSSR count). The second-order valence-electron chi connectivity index (χ2n) is 6.82. The maximum Gasteiger partial charge on any atom is 0.00983 e. The molecule has 1 saturated carbocycles. The van der Waals surface area contributed by atoms with Crippen molar-refractivity contribution < 1.29 is 0 Å². The van der Waals surface area contributed by atoms with Gasteiger partial charge in [-0.15, -0.1) is 0 Å². The molecule has 0 aliphatic heterocycles. The zero-order chi connectivity index (χ0) is 15.1. The van der Waals surface area contributed by atoms with Crippen LogP contribution in [-0.4, -0.2) is 12.6 Å². The van der Waals surface area contributed by atoms with Crippen molar-refractivity contribution in [1.29, 1.82) is 0 Å². The number of hydrogen-bond donors (Lipinski definition) is 1. The van der Waals surface area contributed by atoms with Crippen molar-refractivity contribution >= 4 is 0 Å². The molecule has 0 radical (unpaired) electrons. The molecule has 1 heteroatoms. The zero-order valence-corrected chi connectivity index (χ0v) is 14.2. The summed E-state index contributed by atoms with van der Waals surface area (Å²) in [6.07, 6.45) is 9.66. The minimum Gasteiger partial charge on any atom is -0.314 e. The van der Waals surface area contributed by atoms with E-state index in [-0.39, 0.29) is 0 Å². The van der Waals surface area contributed by atoms with Gasteiger partial charge in [0, 0.05) is 6.04 Å². The molecule has 118 valence electrons. The number of nitrogens with one attached hydrogen (secondary N) is 1. The Labute approximate surface area is 131 Å². The maximum absolute atomic E-state index is 3.77. The Balaban J connectivity index is 1.89. The summed E-state index contributed by atoms with van der Waals surface area (Å²) < 4.78 is 0. The molecule has 1 aromatic carbocycles. The summed E-state index contributed by atoms with van der Waals surface area (Å²) >= 11 is 0. The Kier molecular flexibility index (Phi) is 6.76. The highest BCUT2D eigenvalue weighted by Crippen LogP contribution is 2.33. The lowest BCUT2D eigenvalue weighted by atomic mass is 9.76. The van der Waals surface area contributed by atoms with Gasteiger partial charge in [0.25, 0.3) is 0 Å². The average Bonchev–Trinajstić information content (AvgIpc) is 2.53. The number of hydrogen-bond acceptors (Lipinski definition) is 1. The van der Waals surface area contributed by atoms with E-state index in [1.165, 1.54) is 56.1 Å². The Bertz CT molecular complexity index is 404. The second-order valence-corrected chi connectivity index (χ2v) is 6.82. The van der Waals surface area contributed by atoms with Gasteiger partial charge in [-0.25, -0.2) is 0 Å². The van der Waals surface area contributed by atoms with Crippen LogP contribution in [-0.2, 0) is 6.42 Å². The van der Waals surface area contributed by atoms with Gasteiger partial charge >= 0.3 is 0 Å². The molecule has 0 heterocycles. The second kappa shape index (κ2) is 8.58. The number of rotatable bonds is 7. The fourth-order valence-corrected chi connectivity index (χ4v) is 3.97. The average molecular weight is 287 g/mol. The van der Waals surface area contributed by atoms with Gasteiger partial charge in [0.1, 0.15) is 0 Å². The molecule has 1 unspecified atom stereocenters. The largest absolute Gasteiger partial charge is 0.314 e. The molecule has 21 heavy (non-hydrogen) atoms. The van der Waals surface area contributed by atoms with Gasteiger partial charge in [0.05, 0.1) is 0 Å². The summed E-state index contributed by atoms with van der Waals surface area (Å²) in [4.78, 5) is 0. The van der Waals surface area contributed by atoms with E-state index in [2.05, 4.69) is 50.4 Å². The van der Waals surface area contributed by atoms with Crippen LogP contribution in [0.3, 0.4) is 0 Å². The highest BCUT2D eigenvalue weighted by Gasteiger charge is 2.26. The van der Waals surface area contributed by atoms with Crippen LogP contribution in [0.1, 0.15) is 63.5 Å². The summed E-state index contributed by atoms with van der Waals surface area (Å²) in [7, 11) is 0. The first kappa shape index (κ1) is 16.5. The number of benzene rings is 1. The minimum atomic E-state index is 0.715. The molecule has 1 aliphatic carbocycles. The summed E-state index contributed by atoms with van der Waals surface area (Å²) in [6, 6.07) is 9.58. The molecule has 1 aliphatic rings. The van der Waals surface area contributed by atoms with Gasteiger partial charge in [0.15, 0.2) is 0 Å². The smallest absolute Gasteiger partial charge is 0.00983 e. The Morgan fingerprint density at radius 1 is 1.10 bits per heavy atom. The van der Waals surface area contributed by atoms with E-state index in [0.29, 0.717) is 6.04 Å². The monoisotopic (exact) mass is 287 g/mol. The van der Waals surface area contributed by atoms with Gasteiger partial charge in [-0.3, -0.25) is 0 Å². The summed E-state index contributed by atoms with van der Waals surface area (Å²) in [5, 5.41) is 3.77. The van der Waals surface area contributed by atoms with E-state index in [1.54, 1.807) is 0 Å². The van der Waals surface area contributed by atoms with Gasteiger partial charge < -0.3 is 5.32 Å². The Hall–Kier alpha value is -0.820. The molecule has 0 saturated heterocycles. The third kappa shape index (κ3) is 4.85. The number of aryl methyl sites for hydroxylation is 2. The molecule has 1 nitrogen and oxygen atoms in total. The zero-order valence-electron chi connectivity index (χ0n) is 14.2. The van der Waals surface area contributed by atoms with Gasteiger partial charge in [0.2, 0.25) is 0 Å². The normalized spacial score (nSPS) is 24.0. The lowest BCUT2D eigenvalue weighted by Gasteiger charge is -2.34. The first-order valence-electron chi connectivity index (χ1n) is 9.02. The molecule has 0 bridgehead atoms. The van der Waals surface area contributed by atoms with E-state index in [4.69, 9.17) is 0 Å². The van der Waals surface area contributed by atoms with Gasteiger partial charge in [-0.05, 0) is 62.1 Å². The summed E-state index contributed by atoms with van der Waals surface area (Å²) in [6.45, 7) is 7.94. The highest BCUT2D eigenvalue weighted by molar-refractivity contribution is 5.25. The van der Waals surface area contributed by atoms with Crippen LogP contribution in [0.15, 0.2) is 24.3 Å². The summed E-state index contributed by atoms with van der Waals surface area (Å²) in [5.74, 6) is 1.90. The van der Waals surface area contributed by atoms with Crippen molar-refractivity contribution in [2.24, 2.45) is 11.8 Å². The highest BCUT2D eigenvalue weighted by atomic mass is 14.9. The van der Waals surface area contributed by atoms with Crippen LogP contribution < -0.4 is 5.32 Å². The molecular formula is C20H33N. The first-order valence-corrected chi connectivity index (χ1v) is 9.02. The first-order chi connectivity index (χ1) is 10.2. The molecule has 0 amide bonds. The maximum atomic E-state index is 3.77. The molecule has 0 spiro atoms. The molecule has 1 atom stereocenters. The van der Waals surface area contributed by atoms with Crippen LogP contribution >= 0.6 is 0 Å². The third-order valence-corrected chi connectivity index (χ3v) is 5.49. The van der Waals surface area contributed by atoms with E-state index < -0.39 is 0 Å². The Morgan fingerprint density at radius 2 is 1.81 bits per heavy atom. The van der Waals surface area contributed by atoms with Crippen LogP contribution in [0.4, 0.5) is 0 Å². The van der Waals surface area contributed by atoms with Crippen LogP contribution in [0.5, 0.6) is 0 Å². The molecule has 1 N–H and O–H groups in total. The van der Waals surface area contributed by atoms with Crippen molar-refractivity contribution in [2.75, 3.05) is 6.54 Å². The third-order valence-electron chi connectivity index (χ3n) is 5.49. The fourth-order valence-electron chi connectivity index (χ4n) is 3.97. The Morgan fingerprint density at radius 3 is 2.43 bits per heavy atom. The SMILES string of the molecule is CCNC(CCc1ccccc1C)C1CCC(CC)CC1. The van der Waals surface area contributed by atoms with E-state index >= 15 is 0 Å². The van der Waals surface area contributed by atoms with E-state index in [1.807, 2.05) is 0 Å². The molecule has 1 fully saturated rings. The minimum absolute atomic E-state index is 0.715. The predicted molar refractivity (Wildman–Crippen MR) is 92.7 cm³/mol. The quantitative estimate of drug-likeness (QED) is 0.733. The topological polar surface area (TPSA) is 12.0 Å². The molecule has 1 aromatic rings. The molecule has 0 aromatic heterocycles. The van der Waals surface area contributed by atoms with Crippen LogP contribution in [0.2, 0.25) is 0 Å². The van der Waals surface area contributed by atoms with Crippen LogP contribution in [0, 0.1) is 18.8 Å². The van der Waals surface area contributed by atoms with Crippen molar-refractivity contribution in [3.05, 3.63) is 35.4 Å². The lowest BCUT2D eigenvalue weighted by molar-refractivity contribution is 0.212. The van der Waals surface area contributed by atoms with Crippen molar-refractivity contribution in [3.8, 4) is 0 Å². The van der Waals surface area contributed by atoms with E-state index in [0.717, 1.165) is 18.4 Å². The van der Waals surface area contributed by atoms with E-state index in [9.17, 15) is 0 Å². The lowest BCUT2D eigenvalue weighted by Crippen LogP contribution is -2.38. The standard InChI is InChI=1S/C20H33N/c1-4-17-10-12-19(13-11-17)20(21-5-2)15-14-18-9-7-6-8-16(18)3/h6-9,17,19-21H,4-5,10-15H2,1-3H3. The fraction of sp³-hybridized carbons (Fsp3) is 0.700. The summed E-state index contributed by atoms with van der Waals surface area (Å²) in [5.41, 5.74) is 2.98. The van der Waals surface area contributed by atoms with Gasteiger partial charge in [-0.1, -0.05) is 57.4 Å². The van der Waals surface area contributed by atoms with Crippen molar-refractivity contribution in [3.63, 3.8) is 0 Å². The van der Waals surface area contributed by atoms with Crippen molar-refractivity contribution in [2.45, 2.75) is 71.8 Å². The van der Waals surface area contributed by atoms with Crippen molar-refractivity contribution in [1.82, 2.24) is 5.32 Å². The molecular weight excluding hydrogens is 254 g/mol. The van der Waals surface area contributed by atoms with Gasteiger partial charge in [-0.2, -0.15) is 0 Å². The van der Waals surface area contributed by atoms with Crippen LogP contribution in [0.25, 0.3) is 0 Å².